The van der Waals surface area contributed by atoms with E-state index in [4.69, 9.17) is 18.0 Å². The van der Waals surface area contributed by atoms with Crippen molar-refractivity contribution in [3.63, 3.8) is 0 Å². The molecule has 0 aromatic heterocycles. The van der Waals surface area contributed by atoms with Gasteiger partial charge in [0.2, 0.25) is 0 Å². The lowest BCUT2D eigenvalue weighted by Crippen LogP contribution is -2.41. The number of halogens is 1. The van der Waals surface area contributed by atoms with E-state index in [2.05, 4.69) is 40.7 Å². The summed E-state index contributed by atoms with van der Waals surface area (Å²) in [7, 11) is 0. The first kappa shape index (κ1) is 14.2. The molecule has 1 fully saturated rings. The molecule has 0 saturated carbocycles. The topological polar surface area (TPSA) is 29.3 Å². The summed E-state index contributed by atoms with van der Waals surface area (Å²) in [6.45, 7) is 6.62. The predicted molar refractivity (Wildman–Crippen MR) is 88.8 cm³/mol. The standard InChI is InChI=1S/C13H17BrN2S2/c1-8-6-16(7-9(2)18-8)12-5-10(14)3-4-11(12)13(15)17/h3-5,8-9H,6-7H2,1-2H3,(H2,15,17). The molecule has 2 rings (SSSR count). The number of thioether (sulfide) groups is 1. The zero-order valence-corrected chi connectivity index (χ0v) is 13.7. The van der Waals surface area contributed by atoms with Gasteiger partial charge in [0.05, 0.1) is 0 Å². The number of rotatable bonds is 2. The molecule has 5 heteroatoms. The second kappa shape index (κ2) is 5.80. The van der Waals surface area contributed by atoms with Gasteiger partial charge in [0.15, 0.2) is 0 Å². The molecular weight excluding hydrogens is 328 g/mol. The van der Waals surface area contributed by atoms with Gasteiger partial charge in [-0.05, 0) is 18.2 Å². The number of benzene rings is 1. The van der Waals surface area contributed by atoms with Crippen molar-refractivity contribution in [2.45, 2.75) is 24.3 Å². The van der Waals surface area contributed by atoms with Crippen LogP contribution < -0.4 is 10.6 Å². The molecule has 1 aromatic rings. The number of nitrogens with zero attached hydrogens (tertiary/aromatic N) is 1. The largest absolute Gasteiger partial charge is 0.389 e. The molecule has 18 heavy (non-hydrogen) atoms. The van der Waals surface area contributed by atoms with Crippen LogP contribution >= 0.6 is 39.9 Å². The highest BCUT2D eigenvalue weighted by Gasteiger charge is 2.24. The third kappa shape index (κ3) is 3.19. The Morgan fingerprint density at radius 3 is 2.56 bits per heavy atom. The average molecular weight is 345 g/mol. The molecule has 1 saturated heterocycles. The summed E-state index contributed by atoms with van der Waals surface area (Å²) >= 11 is 10.7. The van der Waals surface area contributed by atoms with E-state index in [0.29, 0.717) is 15.5 Å². The van der Waals surface area contributed by atoms with E-state index in [1.54, 1.807) is 0 Å². The van der Waals surface area contributed by atoms with Gasteiger partial charge in [0.25, 0.3) is 0 Å². The highest BCUT2D eigenvalue weighted by Crippen LogP contribution is 2.32. The smallest absolute Gasteiger partial charge is 0.106 e. The number of hydrogen-bond acceptors (Lipinski definition) is 3. The number of hydrogen-bond donors (Lipinski definition) is 1. The van der Waals surface area contributed by atoms with Gasteiger partial charge in [-0.1, -0.05) is 42.0 Å². The fourth-order valence-electron chi connectivity index (χ4n) is 2.35. The molecule has 0 bridgehead atoms. The Morgan fingerprint density at radius 1 is 1.39 bits per heavy atom. The maximum Gasteiger partial charge on any atom is 0.106 e. The zero-order chi connectivity index (χ0) is 13.3. The first-order chi connectivity index (χ1) is 8.47. The zero-order valence-electron chi connectivity index (χ0n) is 10.5. The summed E-state index contributed by atoms with van der Waals surface area (Å²) in [4.78, 5) is 2.86. The minimum Gasteiger partial charge on any atom is -0.389 e. The van der Waals surface area contributed by atoms with E-state index in [1.165, 1.54) is 0 Å². The normalized spacial score (nSPS) is 24.1. The molecular formula is C13H17BrN2S2. The van der Waals surface area contributed by atoms with Gasteiger partial charge in [-0.2, -0.15) is 11.8 Å². The predicted octanol–water partition coefficient (Wildman–Crippen LogP) is 3.41. The molecule has 0 spiro atoms. The van der Waals surface area contributed by atoms with E-state index in [0.717, 1.165) is 28.8 Å². The van der Waals surface area contributed by atoms with Crippen molar-refractivity contribution < 1.29 is 0 Å². The van der Waals surface area contributed by atoms with Crippen LogP contribution in [0.1, 0.15) is 19.4 Å². The third-order valence-electron chi connectivity index (χ3n) is 2.99. The van der Waals surface area contributed by atoms with Crippen molar-refractivity contribution in [1.29, 1.82) is 0 Å². The molecule has 0 aliphatic carbocycles. The van der Waals surface area contributed by atoms with E-state index in [9.17, 15) is 0 Å². The van der Waals surface area contributed by atoms with Crippen LogP contribution in [-0.4, -0.2) is 28.6 Å². The van der Waals surface area contributed by atoms with E-state index in [-0.39, 0.29) is 0 Å². The van der Waals surface area contributed by atoms with Crippen molar-refractivity contribution in [1.82, 2.24) is 0 Å². The first-order valence-corrected chi connectivity index (χ1v) is 8.11. The van der Waals surface area contributed by atoms with Crippen molar-refractivity contribution in [3.8, 4) is 0 Å². The van der Waals surface area contributed by atoms with E-state index >= 15 is 0 Å². The van der Waals surface area contributed by atoms with Gasteiger partial charge < -0.3 is 10.6 Å². The van der Waals surface area contributed by atoms with Gasteiger partial charge >= 0.3 is 0 Å². The molecule has 0 radical (unpaired) electrons. The van der Waals surface area contributed by atoms with Crippen LogP contribution in [0.2, 0.25) is 0 Å². The number of anilines is 1. The molecule has 1 aliphatic rings. The van der Waals surface area contributed by atoms with Crippen LogP contribution in [0.3, 0.4) is 0 Å². The van der Waals surface area contributed by atoms with E-state index in [1.807, 2.05) is 23.9 Å². The second-order valence-corrected chi connectivity index (χ2v) is 7.93. The SMILES string of the molecule is CC1CN(c2cc(Br)ccc2C(N)=S)CC(C)S1. The highest BCUT2D eigenvalue weighted by molar-refractivity contribution is 9.10. The van der Waals surface area contributed by atoms with Crippen LogP contribution in [0.4, 0.5) is 5.69 Å². The fourth-order valence-corrected chi connectivity index (χ4v) is 4.20. The summed E-state index contributed by atoms with van der Waals surface area (Å²) in [5.74, 6) is 0. The minimum absolute atomic E-state index is 0.469. The van der Waals surface area contributed by atoms with Gasteiger partial charge in [-0.25, -0.2) is 0 Å². The van der Waals surface area contributed by atoms with Crippen LogP contribution in [-0.2, 0) is 0 Å². The molecule has 1 heterocycles. The Labute approximate surface area is 126 Å². The average Bonchev–Trinajstić information content (AvgIpc) is 2.27. The minimum atomic E-state index is 0.469. The first-order valence-electron chi connectivity index (χ1n) is 5.97. The summed E-state index contributed by atoms with van der Waals surface area (Å²) in [6, 6.07) is 6.10. The molecule has 1 aliphatic heterocycles. The molecule has 1 aromatic carbocycles. The van der Waals surface area contributed by atoms with Crippen molar-refractivity contribution in [2.24, 2.45) is 5.73 Å². The van der Waals surface area contributed by atoms with Crippen LogP contribution in [0.25, 0.3) is 0 Å². The Hall–Kier alpha value is -0.260. The molecule has 2 atom stereocenters. The quantitative estimate of drug-likeness (QED) is 0.832. The number of nitrogens with two attached hydrogens (primary N) is 1. The molecule has 98 valence electrons. The summed E-state index contributed by atoms with van der Waals surface area (Å²) in [5.41, 5.74) is 7.95. The monoisotopic (exact) mass is 344 g/mol. The molecule has 2 N–H and O–H groups in total. The van der Waals surface area contributed by atoms with Crippen LogP contribution in [0.5, 0.6) is 0 Å². The van der Waals surface area contributed by atoms with Gasteiger partial charge in [-0.3, -0.25) is 0 Å². The van der Waals surface area contributed by atoms with Crippen molar-refractivity contribution >= 4 is 50.6 Å². The Balaban J connectivity index is 2.36. The lowest BCUT2D eigenvalue weighted by Gasteiger charge is -2.37. The Morgan fingerprint density at radius 2 is 2.00 bits per heavy atom. The molecule has 0 amide bonds. The molecule has 2 unspecified atom stereocenters. The Kier molecular flexibility index (Phi) is 4.56. The maximum absolute atomic E-state index is 5.82. The van der Waals surface area contributed by atoms with Crippen LogP contribution in [0.15, 0.2) is 22.7 Å². The van der Waals surface area contributed by atoms with Crippen molar-refractivity contribution in [2.75, 3.05) is 18.0 Å². The third-order valence-corrected chi connectivity index (χ3v) is 4.93. The highest BCUT2D eigenvalue weighted by atomic mass is 79.9. The summed E-state index contributed by atoms with van der Waals surface area (Å²) in [6.07, 6.45) is 0. The number of thiocarbonyl (C=S) groups is 1. The van der Waals surface area contributed by atoms with Gasteiger partial charge in [-0.15, -0.1) is 0 Å². The summed E-state index contributed by atoms with van der Waals surface area (Å²) < 4.78 is 1.07. The lowest BCUT2D eigenvalue weighted by molar-refractivity contribution is 0.727. The molecule has 2 nitrogen and oxygen atoms in total. The van der Waals surface area contributed by atoms with Gasteiger partial charge in [0.1, 0.15) is 4.99 Å². The lowest BCUT2D eigenvalue weighted by atomic mass is 10.1. The Bertz CT molecular complexity index is 454. The maximum atomic E-state index is 5.82. The van der Waals surface area contributed by atoms with E-state index < -0.39 is 0 Å². The summed E-state index contributed by atoms with van der Waals surface area (Å²) in [5, 5.41) is 1.26. The fraction of sp³-hybridized carbons (Fsp3) is 0.462. The van der Waals surface area contributed by atoms with Gasteiger partial charge in [0, 0.05) is 39.3 Å². The van der Waals surface area contributed by atoms with Crippen molar-refractivity contribution in [3.05, 3.63) is 28.2 Å². The van der Waals surface area contributed by atoms with Crippen LogP contribution in [0, 0.1) is 0 Å². The second-order valence-electron chi connectivity index (χ2n) is 4.69.